The summed E-state index contributed by atoms with van der Waals surface area (Å²) >= 11 is 6.00. The maximum atomic E-state index is 13.5. The summed E-state index contributed by atoms with van der Waals surface area (Å²) in [6, 6.07) is 27.8. The molecular formula is C30H27ClN4O5S. The fourth-order valence-electron chi connectivity index (χ4n) is 3.79. The number of hydrogen-bond donors (Lipinski definition) is 2. The monoisotopic (exact) mass is 590 g/mol. The maximum absolute atomic E-state index is 13.5. The minimum absolute atomic E-state index is 0.0184. The van der Waals surface area contributed by atoms with Gasteiger partial charge in [-0.1, -0.05) is 41.9 Å². The Morgan fingerprint density at radius 1 is 0.878 bits per heavy atom. The number of methoxy groups -OCH3 is 1. The highest BCUT2D eigenvalue weighted by atomic mass is 35.5. The van der Waals surface area contributed by atoms with Gasteiger partial charge in [-0.2, -0.15) is 5.10 Å². The van der Waals surface area contributed by atoms with Crippen molar-refractivity contribution in [2.45, 2.75) is 11.8 Å². The molecule has 11 heteroatoms. The van der Waals surface area contributed by atoms with Crippen LogP contribution < -0.4 is 19.8 Å². The van der Waals surface area contributed by atoms with E-state index in [4.69, 9.17) is 16.3 Å². The topological polar surface area (TPSA) is 117 Å². The SMILES string of the molecule is COc1ccc(S(=O)(=O)N(CC(=O)N/N=C(/C)c2cccc(NC(=O)c3ccccc3)c2)c2ccc(Cl)cc2)cc1. The summed E-state index contributed by atoms with van der Waals surface area (Å²) in [5.74, 6) is -0.427. The Labute approximate surface area is 243 Å². The van der Waals surface area contributed by atoms with E-state index in [9.17, 15) is 18.0 Å². The first-order chi connectivity index (χ1) is 19.7. The summed E-state index contributed by atoms with van der Waals surface area (Å²) in [6.45, 7) is 1.14. The summed E-state index contributed by atoms with van der Waals surface area (Å²) in [6.07, 6.45) is 0. The van der Waals surface area contributed by atoms with Crippen molar-refractivity contribution >= 4 is 50.5 Å². The van der Waals surface area contributed by atoms with Crippen molar-refractivity contribution in [3.05, 3.63) is 119 Å². The van der Waals surface area contributed by atoms with Crippen molar-refractivity contribution in [3.8, 4) is 5.75 Å². The summed E-state index contributed by atoms with van der Waals surface area (Å²) in [5, 5.41) is 7.41. The molecule has 0 radical (unpaired) electrons. The number of sulfonamides is 1. The Hall–Kier alpha value is -4.67. The van der Waals surface area contributed by atoms with E-state index < -0.39 is 22.5 Å². The number of amides is 2. The van der Waals surface area contributed by atoms with Crippen LogP contribution in [0.4, 0.5) is 11.4 Å². The van der Waals surface area contributed by atoms with Crippen molar-refractivity contribution in [1.82, 2.24) is 5.43 Å². The van der Waals surface area contributed by atoms with Gasteiger partial charge in [0.25, 0.3) is 21.8 Å². The number of rotatable bonds is 10. The highest BCUT2D eigenvalue weighted by molar-refractivity contribution is 7.92. The van der Waals surface area contributed by atoms with Crippen molar-refractivity contribution in [3.63, 3.8) is 0 Å². The molecule has 9 nitrogen and oxygen atoms in total. The van der Waals surface area contributed by atoms with Gasteiger partial charge < -0.3 is 10.1 Å². The lowest BCUT2D eigenvalue weighted by Gasteiger charge is -2.24. The van der Waals surface area contributed by atoms with Gasteiger partial charge in [-0.15, -0.1) is 0 Å². The number of hydrazone groups is 1. The van der Waals surface area contributed by atoms with E-state index in [2.05, 4.69) is 15.8 Å². The van der Waals surface area contributed by atoms with E-state index in [1.165, 1.54) is 55.6 Å². The van der Waals surface area contributed by atoms with Crippen molar-refractivity contribution in [2.75, 3.05) is 23.3 Å². The van der Waals surface area contributed by atoms with Crippen LogP contribution in [0.2, 0.25) is 5.02 Å². The highest BCUT2D eigenvalue weighted by Gasteiger charge is 2.27. The number of nitrogens with one attached hydrogen (secondary N) is 2. The molecule has 0 unspecified atom stereocenters. The molecule has 0 aliphatic carbocycles. The van der Waals surface area contributed by atoms with Gasteiger partial charge in [0.1, 0.15) is 12.3 Å². The zero-order valence-electron chi connectivity index (χ0n) is 22.2. The van der Waals surface area contributed by atoms with Crippen molar-refractivity contribution in [1.29, 1.82) is 0 Å². The van der Waals surface area contributed by atoms with Crippen LogP contribution in [-0.4, -0.2) is 39.6 Å². The molecule has 0 spiro atoms. The number of carbonyl (C=O) groups excluding carboxylic acids is 2. The second-order valence-electron chi connectivity index (χ2n) is 8.80. The zero-order valence-corrected chi connectivity index (χ0v) is 23.8. The molecule has 4 aromatic rings. The predicted octanol–water partition coefficient (Wildman–Crippen LogP) is 5.34. The standard InChI is InChI=1S/C30H27ClN4O5S/c1-21(23-9-6-10-25(19-23)32-30(37)22-7-4-3-5-8-22)33-34-29(36)20-35(26-13-11-24(31)12-14-26)41(38,39)28-17-15-27(40-2)16-18-28/h3-19H,20H2,1-2H3,(H,32,37)(H,34,36)/b33-21-. The van der Waals surface area contributed by atoms with Gasteiger partial charge >= 0.3 is 0 Å². The Morgan fingerprint density at radius 3 is 2.20 bits per heavy atom. The summed E-state index contributed by atoms with van der Waals surface area (Å²) in [7, 11) is -2.65. The Balaban J connectivity index is 1.50. The molecule has 0 bridgehead atoms. The van der Waals surface area contributed by atoms with Crippen molar-refractivity contribution < 1.29 is 22.7 Å². The Bertz CT molecular complexity index is 1660. The molecule has 0 saturated heterocycles. The zero-order chi connectivity index (χ0) is 29.4. The van der Waals surface area contributed by atoms with Crippen LogP contribution in [-0.2, 0) is 14.8 Å². The van der Waals surface area contributed by atoms with E-state index in [1.807, 2.05) is 6.07 Å². The third kappa shape index (κ3) is 7.50. The average molecular weight is 591 g/mol. The Morgan fingerprint density at radius 2 is 1.54 bits per heavy atom. The number of halogens is 1. The quantitative estimate of drug-likeness (QED) is 0.191. The lowest BCUT2D eigenvalue weighted by molar-refractivity contribution is -0.119. The number of carbonyl (C=O) groups is 2. The molecule has 0 heterocycles. The van der Waals surface area contributed by atoms with E-state index in [0.717, 1.165) is 4.31 Å². The van der Waals surface area contributed by atoms with Crippen LogP contribution in [0, 0.1) is 0 Å². The second kappa shape index (κ2) is 13.1. The number of benzene rings is 4. The van der Waals surface area contributed by atoms with Gasteiger partial charge in [0.05, 0.1) is 23.4 Å². The summed E-state index contributed by atoms with van der Waals surface area (Å²) in [4.78, 5) is 25.4. The third-order valence-electron chi connectivity index (χ3n) is 5.97. The number of nitrogens with zero attached hydrogens (tertiary/aromatic N) is 2. The largest absolute Gasteiger partial charge is 0.497 e. The van der Waals surface area contributed by atoms with Gasteiger partial charge in [-0.3, -0.25) is 13.9 Å². The first-order valence-corrected chi connectivity index (χ1v) is 14.2. The van der Waals surface area contributed by atoms with Crippen molar-refractivity contribution in [2.24, 2.45) is 5.10 Å². The smallest absolute Gasteiger partial charge is 0.264 e. The van der Waals surface area contributed by atoms with Crippen LogP contribution in [0.25, 0.3) is 0 Å². The van der Waals surface area contributed by atoms with E-state index in [-0.39, 0.29) is 16.5 Å². The van der Waals surface area contributed by atoms with Crippen LogP contribution >= 0.6 is 11.6 Å². The third-order valence-corrected chi connectivity index (χ3v) is 8.01. The van der Waals surface area contributed by atoms with Crippen LogP contribution in [0.3, 0.4) is 0 Å². The van der Waals surface area contributed by atoms with E-state index in [0.29, 0.717) is 33.3 Å². The number of ether oxygens (including phenoxy) is 1. The molecule has 2 N–H and O–H groups in total. The van der Waals surface area contributed by atoms with Gasteiger partial charge in [0.15, 0.2) is 0 Å². The minimum Gasteiger partial charge on any atom is -0.497 e. The molecule has 4 rings (SSSR count). The second-order valence-corrected chi connectivity index (χ2v) is 11.1. The molecule has 0 fully saturated rings. The van der Waals surface area contributed by atoms with Gasteiger partial charge in [0.2, 0.25) is 0 Å². The predicted molar refractivity (Wildman–Crippen MR) is 160 cm³/mol. The Kier molecular flexibility index (Phi) is 9.38. The maximum Gasteiger partial charge on any atom is 0.264 e. The average Bonchev–Trinajstić information content (AvgIpc) is 2.99. The molecule has 41 heavy (non-hydrogen) atoms. The van der Waals surface area contributed by atoms with E-state index >= 15 is 0 Å². The fraction of sp³-hybridized carbons (Fsp3) is 0.100. The molecule has 4 aromatic carbocycles. The van der Waals surface area contributed by atoms with Crippen LogP contribution in [0.1, 0.15) is 22.8 Å². The van der Waals surface area contributed by atoms with Gasteiger partial charge in [-0.05, 0) is 85.3 Å². The van der Waals surface area contributed by atoms with Crippen LogP contribution in [0.5, 0.6) is 5.75 Å². The molecule has 0 aromatic heterocycles. The first-order valence-electron chi connectivity index (χ1n) is 12.4. The molecule has 2 amide bonds. The molecule has 0 atom stereocenters. The highest BCUT2D eigenvalue weighted by Crippen LogP contribution is 2.26. The molecule has 210 valence electrons. The summed E-state index contributed by atoms with van der Waals surface area (Å²) in [5.41, 5.74) is 4.85. The van der Waals surface area contributed by atoms with E-state index in [1.54, 1.807) is 55.5 Å². The fourth-order valence-corrected chi connectivity index (χ4v) is 5.34. The molecule has 0 saturated carbocycles. The van der Waals surface area contributed by atoms with Gasteiger partial charge in [-0.25, -0.2) is 13.8 Å². The number of anilines is 2. The molecular weight excluding hydrogens is 564 g/mol. The molecule has 0 aliphatic rings. The van der Waals surface area contributed by atoms with Gasteiger partial charge in [0, 0.05) is 16.3 Å². The summed E-state index contributed by atoms with van der Waals surface area (Å²) < 4.78 is 33.2. The number of hydrogen-bond acceptors (Lipinski definition) is 6. The minimum atomic E-state index is -4.13. The normalized spacial score (nSPS) is 11.4. The lowest BCUT2D eigenvalue weighted by atomic mass is 10.1. The van der Waals surface area contributed by atoms with Crippen LogP contribution in [0.15, 0.2) is 113 Å². The molecule has 0 aliphatic heterocycles. The first kappa shape index (κ1) is 29.3. The lowest BCUT2D eigenvalue weighted by Crippen LogP contribution is -2.39.